The van der Waals surface area contributed by atoms with Gasteiger partial charge < -0.3 is 9.05 Å². The molecule has 1 heterocycles. The molecule has 74 valence electrons. The molecule has 1 rings (SSSR count). The average Bonchev–Trinajstić information content (AvgIpc) is 2.24. The summed E-state index contributed by atoms with van der Waals surface area (Å²) < 4.78 is 21.7. The number of allylic oxidation sites excluding steroid dienone is 2. The Bertz CT molecular complexity index is 318. The van der Waals surface area contributed by atoms with E-state index in [2.05, 4.69) is 0 Å². The molecular weight excluding hydrogens is 191 g/mol. The van der Waals surface area contributed by atoms with Crippen LogP contribution in [0.4, 0.5) is 0 Å². The lowest BCUT2D eigenvalue weighted by molar-refractivity contribution is -0.113. The van der Waals surface area contributed by atoms with Crippen molar-refractivity contribution < 1.29 is 18.4 Å². The van der Waals surface area contributed by atoms with Crippen molar-refractivity contribution in [2.45, 2.75) is 26.4 Å². The van der Waals surface area contributed by atoms with Gasteiger partial charge in [-0.3, -0.25) is 4.79 Å². The monoisotopic (exact) mass is 204 g/mol. The Labute approximate surface area is 77.4 Å². The first-order valence-corrected chi connectivity index (χ1v) is 5.60. The summed E-state index contributed by atoms with van der Waals surface area (Å²) in [4.78, 5) is 11.2. The fourth-order valence-corrected chi connectivity index (χ4v) is 3.22. The minimum absolute atomic E-state index is 0.111. The molecule has 0 bridgehead atoms. The molecule has 0 amide bonds. The Morgan fingerprint density at radius 3 is 2.38 bits per heavy atom. The van der Waals surface area contributed by atoms with E-state index in [0.29, 0.717) is 11.3 Å². The van der Waals surface area contributed by atoms with E-state index >= 15 is 0 Å². The molecule has 0 aliphatic carbocycles. The number of ketones is 1. The number of hydrogen-bond donors (Lipinski definition) is 0. The maximum atomic E-state index is 11.8. The molecule has 5 heteroatoms. The molecule has 0 radical (unpaired) electrons. The van der Waals surface area contributed by atoms with Crippen molar-refractivity contribution in [3.63, 3.8) is 0 Å². The van der Waals surface area contributed by atoms with Crippen LogP contribution >= 0.6 is 7.60 Å². The second-order valence-corrected chi connectivity index (χ2v) is 5.42. The summed E-state index contributed by atoms with van der Waals surface area (Å²) in [5, 5.41) is 0. The van der Waals surface area contributed by atoms with Gasteiger partial charge in [0.2, 0.25) is 0 Å². The molecule has 2 atom stereocenters. The molecule has 0 aromatic rings. The van der Waals surface area contributed by atoms with Crippen molar-refractivity contribution >= 4 is 13.4 Å². The quantitative estimate of drug-likeness (QED) is 0.646. The fraction of sp³-hybridized carbons (Fsp3) is 0.625. The van der Waals surface area contributed by atoms with Crippen molar-refractivity contribution in [2.75, 3.05) is 7.11 Å². The van der Waals surface area contributed by atoms with E-state index in [1.807, 2.05) is 0 Å². The Morgan fingerprint density at radius 1 is 1.62 bits per heavy atom. The molecule has 0 N–H and O–H groups in total. The second kappa shape index (κ2) is 3.28. The molecule has 0 saturated heterocycles. The van der Waals surface area contributed by atoms with Crippen LogP contribution in [0.25, 0.3) is 0 Å². The van der Waals surface area contributed by atoms with Gasteiger partial charge in [-0.25, -0.2) is 4.57 Å². The Kier molecular flexibility index (Phi) is 2.64. The second-order valence-electron chi connectivity index (χ2n) is 3.02. The van der Waals surface area contributed by atoms with Crippen molar-refractivity contribution in [1.82, 2.24) is 0 Å². The Morgan fingerprint density at radius 2 is 2.15 bits per heavy atom. The lowest BCUT2D eigenvalue weighted by Gasteiger charge is -2.13. The lowest BCUT2D eigenvalue weighted by atomic mass is 10.1. The van der Waals surface area contributed by atoms with Crippen molar-refractivity contribution in [3.05, 3.63) is 11.3 Å². The maximum absolute atomic E-state index is 11.8. The minimum Gasteiger partial charge on any atom is -0.428 e. The predicted octanol–water partition coefficient (Wildman–Crippen LogP) is 2.11. The van der Waals surface area contributed by atoms with Gasteiger partial charge in [-0.2, -0.15) is 0 Å². The van der Waals surface area contributed by atoms with E-state index in [9.17, 15) is 9.36 Å². The molecule has 0 aromatic carbocycles. The highest BCUT2D eigenvalue weighted by Crippen LogP contribution is 2.61. The summed E-state index contributed by atoms with van der Waals surface area (Å²) >= 11 is 0. The van der Waals surface area contributed by atoms with Gasteiger partial charge in [-0.05, 0) is 20.8 Å². The minimum atomic E-state index is -3.10. The molecule has 2 unspecified atom stereocenters. The van der Waals surface area contributed by atoms with Crippen LogP contribution in [0.3, 0.4) is 0 Å². The van der Waals surface area contributed by atoms with Gasteiger partial charge in [0.1, 0.15) is 11.4 Å². The van der Waals surface area contributed by atoms with Gasteiger partial charge in [0.25, 0.3) is 0 Å². The highest BCUT2D eigenvalue weighted by Gasteiger charge is 2.44. The third-order valence-electron chi connectivity index (χ3n) is 2.17. The number of rotatable bonds is 2. The summed E-state index contributed by atoms with van der Waals surface area (Å²) in [5.74, 6) is 0.310. The zero-order chi connectivity index (χ0) is 10.2. The first-order valence-electron chi connectivity index (χ1n) is 3.99. The van der Waals surface area contributed by atoms with Gasteiger partial charge in [0.15, 0.2) is 5.78 Å². The van der Waals surface area contributed by atoms with Crippen molar-refractivity contribution in [2.24, 2.45) is 0 Å². The third-order valence-corrected chi connectivity index (χ3v) is 4.41. The van der Waals surface area contributed by atoms with Crippen LogP contribution in [-0.4, -0.2) is 18.6 Å². The summed E-state index contributed by atoms with van der Waals surface area (Å²) in [6.07, 6.45) is 0. The first kappa shape index (κ1) is 10.5. The van der Waals surface area contributed by atoms with Crippen molar-refractivity contribution in [3.8, 4) is 0 Å². The summed E-state index contributed by atoms with van der Waals surface area (Å²) in [6.45, 7) is 4.74. The van der Waals surface area contributed by atoms with Gasteiger partial charge in [0, 0.05) is 12.7 Å². The Balaban J connectivity index is 3.08. The fourth-order valence-electron chi connectivity index (χ4n) is 1.51. The van der Waals surface area contributed by atoms with E-state index in [4.69, 9.17) is 9.05 Å². The molecule has 0 saturated carbocycles. The molecule has 13 heavy (non-hydrogen) atoms. The van der Waals surface area contributed by atoms with Crippen LogP contribution < -0.4 is 0 Å². The van der Waals surface area contributed by atoms with E-state index in [1.54, 1.807) is 13.8 Å². The van der Waals surface area contributed by atoms with Crippen LogP contribution in [0.1, 0.15) is 20.8 Å². The predicted molar refractivity (Wildman–Crippen MR) is 48.5 cm³/mol. The highest BCUT2D eigenvalue weighted by atomic mass is 31.2. The molecule has 0 fully saturated rings. The number of Topliss-reactive ketones (excluding diaryl/α,β-unsaturated/α-hetero) is 1. The topological polar surface area (TPSA) is 52.6 Å². The van der Waals surface area contributed by atoms with Crippen LogP contribution in [0, 0.1) is 0 Å². The van der Waals surface area contributed by atoms with E-state index in [1.165, 1.54) is 14.0 Å². The van der Waals surface area contributed by atoms with Crippen LogP contribution in [-0.2, 0) is 18.4 Å². The summed E-state index contributed by atoms with van der Waals surface area (Å²) in [5.41, 5.74) is 0.0279. The molecule has 4 nitrogen and oxygen atoms in total. The van der Waals surface area contributed by atoms with Crippen molar-refractivity contribution in [1.29, 1.82) is 0 Å². The van der Waals surface area contributed by atoms with Gasteiger partial charge >= 0.3 is 7.60 Å². The zero-order valence-corrected chi connectivity index (χ0v) is 9.05. The van der Waals surface area contributed by atoms with Gasteiger partial charge in [0.05, 0.1) is 0 Å². The standard InChI is InChI=1S/C8H13O4P/c1-5(9)8-6(2)12-13(10,11-4)7(8)3/h7H,1-4H3. The van der Waals surface area contributed by atoms with E-state index in [-0.39, 0.29) is 5.78 Å². The molecule has 1 aliphatic rings. The zero-order valence-electron chi connectivity index (χ0n) is 8.16. The Hall–Kier alpha value is -0.600. The first-order chi connectivity index (χ1) is 5.92. The normalized spacial score (nSPS) is 33.4. The highest BCUT2D eigenvalue weighted by molar-refractivity contribution is 7.55. The van der Waals surface area contributed by atoms with Gasteiger partial charge in [-0.15, -0.1) is 0 Å². The van der Waals surface area contributed by atoms with E-state index < -0.39 is 13.3 Å². The molecule has 0 spiro atoms. The number of carbonyl (C=O) groups is 1. The molecular formula is C8H13O4P. The summed E-state index contributed by atoms with van der Waals surface area (Å²) in [7, 11) is -1.78. The van der Waals surface area contributed by atoms with Crippen LogP contribution in [0.2, 0.25) is 0 Å². The van der Waals surface area contributed by atoms with E-state index in [0.717, 1.165) is 0 Å². The van der Waals surface area contributed by atoms with Crippen LogP contribution in [0.5, 0.6) is 0 Å². The lowest BCUT2D eigenvalue weighted by Crippen LogP contribution is -2.09. The maximum Gasteiger partial charge on any atom is 0.386 e. The van der Waals surface area contributed by atoms with Crippen LogP contribution in [0.15, 0.2) is 11.3 Å². The SMILES string of the molecule is COP1(=O)OC(C)=C(C(C)=O)C1C. The smallest absolute Gasteiger partial charge is 0.386 e. The molecule has 0 aromatic heterocycles. The number of carbonyl (C=O) groups excluding carboxylic acids is 1. The number of hydrogen-bond acceptors (Lipinski definition) is 4. The third kappa shape index (κ3) is 1.56. The summed E-state index contributed by atoms with van der Waals surface area (Å²) in [6, 6.07) is 0. The van der Waals surface area contributed by atoms with Gasteiger partial charge in [-0.1, -0.05) is 0 Å². The largest absolute Gasteiger partial charge is 0.428 e. The average molecular weight is 204 g/mol. The molecule has 1 aliphatic heterocycles.